The van der Waals surface area contributed by atoms with E-state index in [2.05, 4.69) is 5.32 Å². The Labute approximate surface area is 108 Å². The maximum atomic E-state index is 5.85. The van der Waals surface area contributed by atoms with Crippen molar-refractivity contribution in [1.29, 1.82) is 0 Å². The molecule has 1 fully saturated rings. The molecule has 2 rings (SSSR count). The summed E-state index contributed by atoms with van der Waals surface area (Å²) in [6.07, 6.45) is 3.72. The van der Waals surface area contributed by atoms with Crippen molar-refractivity contribution in [2.75, 3.05) is 24.8 Å². The summed E-state index contributed by atoms with van der Waals surface area (Å²) in [6, 6.07) is 6.33. The molecule has 1 aliphatic rings. The van der Waals surface area contributed by atoms with Gasteiger partial charge in [-0.2, -0.15) is 0 Å². The predicted molar refractivity (Wildman–Crippen MR) is 74.1 cm³/mol. The average Bonchev–Trinajstić information content (AvgIpc) is 2.81. The molecule has 0 radical (unpaired) electrons. The van der Waals surface area contributed by atoms with E-state index in [4.69, 9.17) is 15.2 Å². The van der Waals surface area contributed by atoms with E-state index >= 15 is 0 Å². The van der Waals surface area contributed by atoms with Crippen LogP contribution in [0, 0.1) is 0 Å². The Morgan fingerprint density at radius 1 is 1.39 bits per heavy atom. The van der Waals surface area contributed by atoms with Gasteiger partial charge in [-0.15, -0.1) is 0 Å². The molecule has 100 valence electrons. The van der Waals surface area contributed by atoms with Gasteiger partial charge >= 0.3 is 0 Å². The Hall–Kier alpha value is -1.42. The van der Waals surface area contributed by atoms with E-state index < -0.39 is 0 Å². The van der Waals surface area contributed by atoms with Crippen molar-refractivity contribution < 1.29 is 9.47 Å². The lowest BCUT2D eigenvalue weighted by molar-refractivity contribution is 0.108. The minimum atomic E-state index is 0.391. The molecule has 4 heteroatoms. The molecule has 0 aliphatic heterocycles. The normalized spacial score (nSPS) is 23.0. The van der Waals surface area contributed by atoms with E-state index in [9.17, 15) is 0 Å². The van der Waals surface area contributed by atoms with Crippen LogP contribution in [0.1, 0.15) is 26.2 Å². The number of nitrogens with one attached hydrogen (secondary N) is 1. The van der Waals surface area contributed by atoms with Crippen molar-refractivity contribution in [2.24, 2.45) is 0 Å². The molecule has 1 aromatic rings. The fourth-order valence-electron chi connectivity index (χ4n) is 2.43. The zero-order valence-corrected chi connectivity index (χ0v) is 11.1. The van der Waals surface area contributed by atoms with Gasteiger partial charge in [0.25, 0.3) is 0 Å². The van der Waals surface area contributed by atoms with E-state index in [0.29, 0.717) is 24.4 Å². The first-order valence-electron chi connectivity index (χ1n) is 6.54. The fraction of sp³-hybridized carbons (Fsp3) is 0.571. The summed E-state index contributed by atoms with van der Waals surface area (Å²) in [4.78, 5) is 0. The van der Waals surface area contributed by atoms with Crippen LogP contribution in [0.4, 0.5) is 11.4 Å². The van der Waals surface area contributed by atoms with E-state index in [0.717, 1.165) is 30.7 Å². The van der Waals surface area contributed by atoms with Gasteiger partial charge in [-0.05, 0) is 38.3 Å². The van der Waals surface area contributed by atoms with Crippen molar-refractivity contribution in [3.05, 3.63) is 18.2 Å². The van der Waals surface area contributed by atoms with Gasteiger partial charge in [0.1, 0.15) is 5.75 Å². The van der Waals surface area contributed by atoms with Crippen LogP contribution in [0.15, 0.2) is 18.2 Å². The van der Waals surface area contributed by atoms with Crippen LogP contribution >= 0.6 is 0 Å². The highest BCUT2D eigenvalue weighted by molar-refractivity contribution is 5.61. The second-order valence-corrected chi connectivity index (χ2v) is 4.70. The molecule has 2 atom stereocenters. The van der Waals surface area contributed by atoms with Crippen LogP contribution in [0.25, 0.3) is 0 Å². The molecular formula is C14H22N2O2. The lowest BCUT2D eigenvalue weighted by Gasteiger charge is -2.16. The van der Waals surface area contributed by atoms with Gasteiger partial charge in [-0.3, -0.25) is 0 Å². The minimum Gasteiger partial charge on any atom is -0.492 e. The number of benzene rings is 1. The van der Waals surface area contributed by atoms with Gasteiger partial charge in [0.2, 0.25) is 0 Å². The molecule has 0 aromatic heterocycles. The van der Waals surface area contributed by atoms with E-state index in [1.54, 1.807) is 7.11 Å². The first kappa shape index (κ1) is 13.0. The van der Waals surface area contributed by atoms with Gasteiger partial charge in [0.05, 0.1) is 18.4 Å². The lowest BCUT2D eigenvalue weighted by Crippen LogP contribution is -2.17. The summed E-state index contributed by atoms with van der Waals surface area (Å²) in [6.45, 7) is 2.59. The largest absolute Gasteiger partial charge is 0.492 e. The molecule has 0 spiro atoms. The molecule has 2 unspecified atom stereocenters. The smallest absolute Gasteiger partial charge is 0.144 e. The van der Waals surface area contributed by atoms with Crippen molar-refractivity contribution in [2.45, 2.75) is 38.3 Å². The van der Waals surface area contributed by atoms with E-state index in [1.807, 2.05) is 25.1 Å². The molecular weight excluding hydrogens is 228 g/mol. The monoisotopic (exact) mass is 250 g/mol. The molecule has 0 bridgehead atoms. The first-order chi connectivity index (χ1) is 8.72. The Morgan fingerprint density at radius 3 is 2.89 bits per heavy atom. The summed E-state index contributed by atoms with van der Waals surface area (Å²) >= 11 is 0. The van der Waals surface area contributed by atoms with Crippen LogP contribution in [-0.2, 0) is 4.74 Å². The molecule has 1 saturated carbocycles. The molecule has 1 aromatic carbocycles. The SMILES string of the molecule is CCOc1cc(NC2CCC(OC)C2)ccc1N. The quantitative estimate of drug-likeness (QED) is 0.789. The number of hydrogen-bond donors (Lipinski definition) is 2. The summed E-state index contributed by atoms with van der Waals surface area (Å²) in [7, 11) is 1.78. The maximum Gasteiger partial charge on any atom is 0.144 e. The zero-order chi connectivity index (χ0) is 13.0. The van der Waals surface area contributed by atoms with Crippen molar-refractivity contribution in [1.82, 2.24) is 0 Å². The van der Waals surface area contributed by atoms with Crippen molar-refractivity contribution in [3.8, 4) is 5.75 Å². The van der Waals surface area contributed by atoms with Crippen molar-refractivity contribution >= 4 is 11.4 Å². The molecule has 18 heavy (non-hydrogen) atoms. The van der Waals surface area contributed by atoms with Crippen LogP contribution in [-0.4, -0.2) is 25.9 Å². The number of methoxy groups -OCH3 is 1. The van der Waals surface area contributed by atoms with Crippen LogP contribution in [0.2, 0.25) is 0 Å². The maximum absolute atomic E-state index is 5.85. The van der Waals surface area contributed by atoms with Crippen LogP contribution in [0.3, 0.4) is 0 Å². The summed E-state index contributed by atoms with van der Waals surface area (Å²) in [5, 5.41) is 3.52. The fourth-order valence-corrected chi connectivity index (χ4v) is 2.43. The predicted octanol–water partition coefficient (Wildman–Crippen LogP) is 2.65. The van der Waals surface area contributed by atoms with Gasteiger partial charge in [0, 0.05) is 24.9 Å². The van der Waals surface area contributed by atoms with Crippen LogP contribution < -0.4 is 15.8 Å². The highest BCUT2D eigenvalue weighted by atomic mass is 16.5. The Bertz CT molecular complexity index is 395. The highest BCUT2D eigenvalue weighted by Crippen LogP contribution is 2.29. The zero-order valence-electron chi connectivity index (χ0n) is 11.1. The van der Waals surface area contributed by atoms with Gasteiger partial charge in [-0.1, -0.05) is 0 Å². The Balaban J connectivity index is 1.99. The molecule has 0 amide bonds. The first-order valence-corrected chi connectivity index (χ1v) is 6.54. The van der Waals surface area contributed by atoms with E-state index in [-0.39, 0.29) is 0 Å². The van der Waals surface area contributed by atoms with Gasteiger partial charge in [-0.25, -0.2) is 0 Å². The second-order valence-electron chi connectivity index (χ2n) is 4.70. The molecule has 3 N–H and O–H groups in total. The lowest BCUT2D eigenvalue weighted by atomic mass is 10.2. The second kappa shape index (κ2) is 5.96. The summed E-state index contributed by atoms with van der Waals surface area (Å²) in [5.74, 6) is 0.754. The molecule has 1 aliphatic carbocycles. The highest BCUT2D eigenvalue weighted by Gasteiger charge is 2.24. The summed E-state index contributed by atoms with van der Waals surface area (Å²) < 4.78 is 10.9. The van der Waals surface area contributed by atoms with E-state index in [1.165, 1.54) is 0 Å². The average molecular weight is 250 g/mol. The third-order valence-corrected chi connectivity index (χ3v) is 3.40. The number of rotatable bonds is 5. The van der Waals surface area contributed by atoms with Crippen LogP contribution in [0.5, 0.6) is 5.75 Å². The number of anilines is 2. The standard InChI is InChI=1S/C14H22N2O2/c1-3-18-14-9-11(5-7-13(14)15)16-10-4-6-12(8-10)17-2/h5,7,9-10,12,16H,3-4,6,8,15H2,1-2H3. The Kier molecular flexibility index (Phi) is 4.31. The third-order valence-electron chi connectivity index (χ3n) is 3.40. The van der Waals surface area contributed by atoms with Gasteiger partial charge in [0.15, 0.2) is 0 Å². The molecule has 4 nitrogen and oxygen atoms in total. The van der Waals surface area contributed by atoms with Crippen molar-refractivity contribution in [3.63, 3.8) is 0 Å². The number of hydrogen-bond acceptors (Lipinski definition) is 4. The number of ether oxygens (including phenoxy) is 2. The topological polar surface area (TPSA) is 56.5 Å². The number of nitrogen functional groups attached to an aromatic ring is 1. The number of nitrogens with two attached hydrogens (primary N) is 1. The minimum absolute atomic E-state index is 0.391. The summed E-state index contributed by atoms with van der Waals surface area (Å²) in [5.41, 5.74) is 7.60. The molecule has 0 saturated heterocycles. The third kappa shape index (κ3) is 3.07. The molecule has 0 heterocycles. The van der Waals surface area contributed by atoms with Gasteiger partial charge < -0.3 is 20.5 Å². The Morgan fingerprint density at radius 2 is 2.22 bits per heavy atom.